The zero-order valence-electron chi connectivity index (χ0n) is 43.0. The van der Waals surface area contributed by atoms with Crippen molar-refractivity contribution in [3.63, 3.8) is 0 Å². The number of aromatic nitrogens is 8. The quantitative estimate of drug-likeness (QED) is 0.0269. The second-order valence-electron chi connectivity index (χ2n) is 17.3. The molecule has 10 N–H and O–H groups in total. The molecule has 0 aromatic carbocycles. The Bertz CT molecular complexity index is 2410. The number of esters is 4. The highest BCUT2D eigenvalue weighted by atomic mass is 35.5. The number of fused-ring (bicyclic) bond motifs is 2. The lowest BCUT2D eigenvalue weighted by atomic mass is 10.4. The number of nitrogens with two attached hydrogens (primary N) is 3. The molecule has 27 nitrogen and oxygen atoms in total. The molecule has 0 spiro atoms. The summed E-state index contributed by atoms with van der Waals surface area (Å²) in [5.41, 5.74) is 18.8. The lowest BCUT2D eigenvalue weighted by molar-refractivity contribution is -0.149. The first-order valence-corrected chi connectivity index (χ1v) is 26.7. The first-order chi connectivity index (χ1) is 33.1. The van der Waals surface area contributed by atoms with Crippen LogP contribution in [0.15, 0.2) is 25.3 Å². The largest absolute Gasteiger partial charge is 0.463 e. The molecule has 0 amide bonds. The van der Waals surface area contributed by atoms with Gasteiger partial charge in [-0.2, -0.15) is 0 Å². The second-order valence-corrected chi connectivity index (χ2v) is 21.5. The number of carbonyl (C=O) groups is 4. The highest BCUT2D eigenvalue weighted by molar-refractivity contribution is 7.59. The molecule has 4 aromatic rings. The standard InChI is InChI=1S/C21H36N7O6P.C15H25N6O5P.C6H13NO2.ClH/c1-13(2)33-17(29)7-8-26-35(31,27-16(6)21(30)34-14(3)4)12-32-15(5)9-28-11-25-18-19(22)23-10-24-20(18)28;1-9(2)26-15(22)11(4)20-27(23,24)8-25-10(3)5-21-7-19-12-13(16)17-6-18-14(12)21;1-5(2)9-6(8)3-4-7;/h10-11,13-16H,7-9,12H2,1-6H3,(H2,22,23,24)(H2,26,27,31);6-7,9-11H,5,8H2,1-4H3,(H2,16,17,18)(H2,20,23,24);5H,3-4,7H2,1-2H3;1H/t15-,16+,35?;10-,11+;;/m11../s1. The van der Waals surface area contributed by atoms with Crippen molar-refractivity contribution in [2.24, 2.45) is 5.73 Å². The molecule has 0 aliphatic carbocycles. The first-order valence-electron chi connectivity index (χ1n) is 22.9. The van der Waals surface area contributed by atoms with Gasteiger partial charge in [0.15, 0.2) is 22.9 Å². The van der Waals surface area contributed by atoms with Gasteiger partial charge in [-0.25, -0.2) is 40.1 Å². The predicted molar refractivity (Wildman–Crippen MR) is 271 cm³/mol. The molecule has 0 saturated heterocycles. The molecule has 408 valence electrons. The zero-order chi connectivity index (χ0) is 53.6. The summed E-state index contributed by atoms with van der Waals surface area (Å²) in [4.78, 5) is 80.9. The Morgan fingerprint density at radius 3 is 1.43 bits per heavy atom. The van der Waals surface area contributed by atoms with Crippen molar-refractivity contribution in [2.45, 2.75) is 158 Å². The van der Waals surface area contributed by atoms with Gasteiger partial charge in [-0.15, -0.1) is 12.4 Å². The number of hydrogen-bond donors (Lipinski definition) is 7. The molecule has 0 aliphatic rings. The summed E-state index contributed by atoms with van der Waals surface area (Å²) in [5.74, 6) is -1.23. The van der Waals surface area contributed by atoms with Gasteiger partial charge in [-0.1, -0.05) is 0 Å². The van der Waals surface area contributed by atoms with Gasteiger partial charge in [0, 0.05) is 13.1 Å². The summed E-state index contributed by atoms with van der Waals surface area (Å²) >= 11 is 0. The predicted octanol–water partition coefficient (Wildman–Crippen LogP) is 3.42. The van der Waals surface area contributed by atoms with Crippen LogP contribution in [0.1, 0.15) is 95.9 Å². The van der Waals surface area contributed by atoms with E-state index in [1.54, 1.807) is 84.1 Å². The van der Waals surface area contributed by atoms with Gasteiger partial charge in [0.25, 0.3) is 7.52 Å². The summed E-state index contributed by atoms with van der Waals surface area (Å²) in [6, 6.07) is -1.80. The van der Waals surface area contributed by atoms with E-state index in [9.17, 15) is 33.2 Å². The molecule has 0 saturated carbocycles. The van der Waals surface area contributed by atoms with Gasteiger partial charge in [-0.3, -0.25) is 33.4 Å². The molecule has 30 heteroatoms. The van der Waals surface area contributed by atoms with E-state index in [0.29, 0.717) is 48.4 Å². The van der Waals surface area contributed by atoms with Crippen LogP contribution in [0.25, 0.3) is 22.3 Å². The number of nitrogens with one attached hydrogen (secondary N) is 3. The monoisotopic (exact) mass is 1080 g/mol. The van der Waals surface area contributed by atoms with Gasteiger partial charge in [0.2, 0.25) is 7.44 Å². The Hall–Kier alpha value is -4.95. The van der Waals surface area contributed by atoms with E-state index in [1.165, 1.54) is 19.6 Å². The number of imidazole rings is 2. The third kappa shape index (κ3) is 24.2. The van der Waals surface area contributed by atoms with Crippen LogP contribution in [0.4, 0.5) is 11.6 Å². The van der Waals surface area contributed by atoms with Crippen LogP contribution in [0.2, 0.25) is 0 Å². The normalized spacial score (nSPS) is 14.7. The van der Waals surface area contributed by atoms with E-state index in [-0.39, 0.29) is 73.7 Å². The fourth-order valence-corrected chi connectivity index (χ4v) is 9.01. The lowest BCUT2D eigenvalue weighted by Gasteiger charge is -2.26. The molecular weight excluding hydrogens is 1010 g/mol. The van der Waals surface area contributed by atoms with Crippen LogP contribution in [0, 0.1) is 0 Å². The van der Waals surface area contributed by atoms with Gasteiger partial charge < -0.3 is 59.6 Å². The third-order valence-electron chi connectivity index (χ3n) is 8.83. The summed E-state index contributed by atoms with van der Waals surface area (Å²) in [6.45, 7) is 21.7. The van der Waals surface area contributed by atoms with Gasteiger partial charge in [0.1, 0.15) is 48.5 Å². The maximum Gasteiger partial charge on any atom is 0.323 e. The van der Waals surface area contributed by atoms with Crippen molar-refractivity contribution < 1.29 is 61.6 Å². The highest BCUT2D eigenvalue weighted by Gasteiger charge is 2.30. The number of nitrogen functional groups attached to an aromatic ring is 2. The van der Waals surface area contributed by atoms with Gasteiger partial charge in [-0.05, 0) is 83.1 Å². The maximum absolute atomic E-state index is 13.6. The summed E-state index contributed by atoms with van der Waals surface area (Å²) in [5, 5.41) is 8.01. The Morgan fingerprint density at radius 1 is 0.611 bits per heavy atom. The van der Waals surface area contributed by atoms with Crippen LogP contribution in [0.3, 0.4) is 0 Å². The van der Waals surface area contributed by atoms with Crippen LogP contribution in [-0.2, 0) is 69.8 Å². The van der Waals surface area contributed by atoms with E-state index >= 15 is 0 Å². The average Bonchev–Trinajstić information content (AvgIpc) is 3.86. The minimum atomic E-state index is -3.89. The Morgan fingerprint density at radius 2 is 1.01 bits per heavy atom. The Balaban J connectivity index is 0.000000620. The zero-order valence-corrected chi connectivity index (χ0v) is 45.6. The maximum atomic E-state index is 13.6. The van der Waals surface area contributed by atoms with Crippen molar-refractivity contribution in [1.82, 2.24) is 54.3 Å². The van der Waals surface area contributed by atoms with E-state index < -0.39 is 63.5 Å². The van der Waals surface area contributed by atoms with Crippen LogP contribution < -0.4 is 32.5 Å². The topological polar surface area (TPSA) is 379 Å². The van der Waals surface area contributed by atoms with Gasteiger partial charge in [0.05, 0.1) is 75.2 Å². The lowest BCUT2D eigenvalue weighted by Crippen LogP contribution is -2.39. The minimum absolute atomic E-state index is 0. The van der Waals surface area contributed by atoms with E-state index in [1.807, 2.05) is 13.8 Å². The molecular formula is C42H75ClN14O13P2. The van der Waals surface area contributed by atoms with Crippen molar-refractivity contribution >= 4 is 85.2 Å². The highest BCUT2D eigenvalue weighted by Crippen LogP contribution is 2.38. The second kappa shape index (κ2) is 31.6. The molecule has 2 unspecified atom stereocenters. The molecule has 4 heterocycles. The van der Waals surface area contributed by atoms with Crippen LogP contribution in [0.5, 0.6) is 0 Å². The van der Waals surface area contributed by atoms with Crippen LogP contribution in [-0.4, -0.2) is 142 Å². The van der Waals surface area contributed by atoms with Crippen molar-refractivity contribution in [2.75, 3.05) is 37.3 Å². The Kier molecular flexibility index (Phi) is 28.6. The molecule has 0 fully saturated rings. The number of anilines is 2. The number of hydrogen-bond acceptors (Lipinski definition) is 21. The van der Waals surface area contributed by atoms with E-state index in [2.05, 4.69) is 45.2 Å². The van der Waals surface area contributed by atoms with Crippen molar-refractivity contribution in [3.8, 4) is 0 Å². The minimum Gasteiger partial charge on any atom is -0.463 e. The van der Waals surface area contributed by atoms with Gasteiger partial charge >= 0.3 is 23.9 Å². The number of carbonyl (C=O) groups excluding carboxylic acids is 4. The molecule has 0 aliphatic heterocycles. The van der Waals surface area contributed by atoms with Crippen LogP contribution >= 0.6 is 27.4 Å². The molecule has 0 bridgehead atoms. The van der Waals surface area contributed by atoms with Crippen molar-refractivity contribution in [1.29, 1.82) is 0 Å². The van der Waals surface area contributed by atoms with E-state index in [4.69, 9.17) is 45.6 Å². The number of rotatable bonds is 26. The smallest absolute Gasteiger partial charge is 0.323 e. The number of nitrogens with zero attached hydrogens (tertiary/aromatic N) is 8. The number of halogens is 1. The summed E-state index contributed by atoms with van der Waals surface area (Å²) in [6.07, 6.45) is 3.73. The fraction of sp³-hybridized carbons (Fsp3) is 0.667. The van der Waals surface area contributed by atoms with E-state index in [0.717, 1.165) is 0 Å². The first kappa shape index (κ1) is 65.1. The molecule has 4 aromatic heterocycles. The third-order valence-corrected chi connectivity index (χ3v) is 12.2. The summed E-state index contributed by atoms with van der Waals surface area (Å²) < 4.78 is 60.7. The molecule has 72 heavy (non-hydrogen) atoms. The molecule has 0 radical (unpaired) electrons. The molecule has 6 atom stereocenters. The SMILES string of the molecule is CC(C)OC(=O)CCN.CC(C)OC(=O)CCNP(=O)(CO[C@H](C)Cn1cnc2c(N)ncnc21)N[C@@H](C)C(=O)OC(C)C.CC(C)OC(=O)[C@H](C)NP(=O)(O)CO[C@H](C)Cn1cnc2c(N)ncnc21.Cl. The Labute approximate surface area is 425 Å². The number of ether oxygens (including phenoxy) is 6. The van der Waals surface area contributed by atoms with Crippen molar-refractivity contribution in [3.05, 3.63) is 25.3 Å². The summed E-state index contributed by atoms with van der Waals surface area (Å²) in [7, 11) is -7.35. The molecule has 4 rings (SSSR count). The average molecular weight is 1080 g/mol. The fourth-order valence-electron chi connectivity index (χ4n) is 5.84.